The van der Waals surface area contributed by atoms with Crippen molar-refractivity contribution in [3.8, 4) is 11.5 Å². The number of fused-ring (bicyclic) bond motifs is 9. The number of nitrogens with zero attached hydrogens (tertiary/aromatic N) is 4. The van der Waals surface area contributed by atoms with Crippen LogP contribution in [0.3, 0.4) is 0 Å². The van der Waals surface area contributed by atoms with Gasteiger partial charge in [-0.15, -0.1) is 11.3 Å². The zero-order valence-corrected chi connectivity index (χ0v) is 23.5. The zero-order valence-electron chi connectivity index (χ0n) is 22.7. The molecule has 1 spiro atoms. The normalized spacial score (nSPS) is 22.7. The molecule has 0 saturated carbocycles. The second-order valence-corrected chi connectivity index (χ2v) is 11.9. The lowest BCUT2D eigenvalue weighted by Crippen LogP contribution is -2.50. The molecule has 0 aliphatic carbocycles. The molecule has 6 heterocycles. The van der Waals surface area contributed by atoms with Gasteiger partial charge in [-0.2, -0.15) is 0 Å². The molecule has 4 bridgehead atoms. The van der Waals surface area contributed by atoms with Crippen LogP contribution in [0.25, 0.3) is 0 Å². The molecule has 12 heteroatoms. The zero-order chi connectivity index (χ0) is 28.0. The molecule has 1 saturated heterocycles. The minimum absolute atomic E-state index is 0.0604. The smallest absolute Gasteiger partial charge is 0.276 e. The summed E-state index contributed by atoms with van der Waals surface area (Å²) in [5.41, 5.74) is 1.31. The summed E-state index contributed by atoms with van der Waals surface area (Å²) in [5, 5.41) is 7.74. The van der Waals surface area contributed by atoms with Gasteiger partial charge in [-0.25, -0.2) is 4.98 Å². The molecule has 4 aliphatic rings. The van der Waals surface area contributed by atoms with E-state index in [4.69, 9.17) is 14.0 Å². The van der Waals surface area contributed by atoms with Crippen molar-refractivity contribution >= 4 is 29.1 Å². The van der Waals surface area contributed by atoms with Crippen LogP contribution in [0.2, 0.25) is 0 Å². The van der Waals surface area contributed by atoms with Gasteiger partial charge >= 0.3 is 0 Å². The Morgan fingerprint density at radius 2 is 2.00 bits per heavy atom. The number of amides is 3. The highest BCUT2D eigenvalue weighted by Crippen LogP contribution is 2.52. The lowest BCUT2D eigenvalue weighted by molar-refractivity contribution is -0.122. The number of aryl methyl sites for hydroxylation is 3. The van der Waals surface area contributed by atoms with Crippen molar-refractivity contribution in [2.75, 3.05) is 45.9 Å². The molecule has 3 aromatic rings. The van der Waals surface area contributed by atoms with Gasteiger partial charge in [0.25, 0.3) is 11.8 Å². The topological polar surface area (TPSA) is 127 Å². The molecule has 4 aliphatic heterocycles. The SMILES string of the molecule is Cc1cc(C(=O)N2CCCOc3cccc4c3OC[C@@]3(CNC(=O)C2)CN(C(=O)c2sc(C)nc2C)C[C@@H]43)no1. The van der Waals surface area contributed by atoms with Gasteiger partial charge in [-0.3, -0.25) is 14.4 Å². The predicted octanol–water partition coefficient (Wildman–Crippen LogP) is 2.72. The lowest BCUT2D eigenvalue weighted by atomic mass is 9.73. The number of aromatic nitrogens is 2. The molecule has 3 amide bonds. The number of carbonyl (C=O) groups is 3. The van der Waals surface area contributed by atoms with Crippen LogP contribution in [0, 0.1) is 26.2 Å². The van der Waals surface area contributed by atoms with Crippen LogP contribution in [-0.4, -0.2) is 83.6 Å². The standard InChI is InChI=1S/C28H31N5O6S/c1-16-10-21(31-39-16)26(35)32-8-5-9-37-22-7-4-6-19-20-11-33(27(36)25-17(2)30-18(3)40-25)14-28(20,15-38-24(19)22)13-29-23(34)12-32/h4,6-7,10,20H,5,8-9,11-15H2,1-3H3,(H,29,34)/t20-,28+/m0/s1. The van der Waals surface area contributed by atoms with Gasteiger partial charge < -0.3 is 29.1 Å². The fourth-order valence-electron chi connectivity index (χ4n) is 5.92. The highest BCUT2D eigenvalue weighted by Gasteiger charge is 2.53. The van der Waals surface area contributed by atoms with Crippen LogP contribution in [0.4, 0.5) is 0 Å². The first kappa shape index (κ1) is 26.3. The average molecular weight is 566 g/mol. The Hall–Kier alpha value is -3.93. The Bertz CT molecular complexity index is 1480. The Morgan fingerprint density at radius 3 is 2.75 bits per heavy atom. The van der Waals surface area contributed by atoms with E-state index in [0.29, 0.717) is 61.4 Å². The van der Waals surface area contributed by atoms with E-state index >= 15 is 0 Å². The van der Waals surface area contributed by atoms with Crippen molar-refractivity contribution in [2.45, 2.75) is 33.1 Å². The summed E-state index contributed by atoms with van der Waals surface area (Å²) in [6, 6.07) is 7.39. The van der Waals surface area contributed by atoms with E-state index in [1.165, 1.54) is 16.2 Å². The summed E-state index contributed by atoms with van der Waals surface area (Å²) >= 11 is 1.40. The number of likely N-dealkylation sites (tertiary alicyclic amines) is 1. The summed E-state index contributed by atoms with van der Waals surface area (Å²) < 4.78 is 17.5. The maximum atomic E-state index is 13.6. The number of benzene rings is 1. The lowest BCUT2D eigenvalue weighted by Gasteiger charge is -2.40. The van der Waals surface area contributed by atoms with Gasteiger partial charge in [0, 0.05) is 49.1 Å². The maximum Gasteiger partial charge on any atom is 0.276 e. The quantitative estimate of drug-likeness (QED) is 0.503. The van der Waals surface area contributed by atoms with E-state index in [1.807, 2.05) is 36.9 Å². The fourth-order valence-corrected chi connectivity index (χ4v) is 6.80. The van der Waals surface area contributed by atoms with Crippen molar-refractivity contribution in [1.82, 2.24) is 25.3 Å². The summed E-state index contributed by atoms with van der Waals surface area (Å²) in [6.45, 7) is 7.46. The van der Waals surface area contributed by atoms with Crippen LogP contribution >= 0.6 is 11.3 Å². The first-order valence-electron chi connectivity index (χ1n) is 13.4. The first-order chi connectivity index (χ1) is 19.2. The minimum Gasteiger partial charge on any atom is -0.490 e. The Kier molecular flexibility index (Phi) is 6.73. The second-order valence-electron chi connectivity index (χ2n) is 10.7. The third kappa shape index (κ3) is 4.70. The van der Waals surface area contributed by atoms with Gasteiger partial charge in [-0.1, -0.05) is 17.3 Å². The van der Waals surface area contributed by atoms with Crippen LogP contribution < -0.4 is 14.8 Å². The van der Waals surface area contributed by atoms with Crippen molar-refractivity contribution in [3.63, 3.8) is 0 Å². The Morgan fingerprint density at radius 1 is 1.15 bits per heavy atom. The Labute approximate surface area is 235 Å². The molecule has 1 aromatic carbocycles. The molecule has 1 fully saturated rings. The summed E-state index contributed by atoms with van der Waals surface area (Å²) in [5.74, 6) is 1.03. The number of hydrogen-bond donors (Lipinski definition) is 1. The maximum absolute atomic E-state index is 13.6. The van der Waals surface area contributed by atoms with Gasteiger partial charge in [0.05, 0.1) is 30.5 Å². The van der Waals surface area contributed by atoms with E-state index in [-0.39, 0.29) is 42.4 Å². The third-order valence-corrected chi connectivity index (χ3v) is 8.92. The first-order valence-corrected chi connectivity index (χ1v) is 14.2. The molecule has 1 N–H and O–H groups in total. The van der Waals surface area contributed by atoms with Gasteiger partial charge in [0.1, 0.15) is 10.6 Å². The van der Waals surface area contributed by atoms with Gasteiger partial charge in [0.15, 0.2) is 17.2 Å². The number of rotatable bonds is 2. The number of hydrogen-bond acceptors (Lipinski definition) is 9. The summed E-state index contributed by atoms with van der Waals surface area (Å²) in [7, 11) is 0. The highest BCUT2D eigenvalue weighted by molar-refractivity contribution is 7.13. The second kappa shape index (κ2) is 10.2. The van der Waals surface area contributed by atoms with Crippen molar-refractivity contribution < 1.29 is 28.4 Å². The molecular weight excluding hydrogens is 534 g/mol. The number of carbonyl (C=O) groups excluding carboxylic acids is 3. The highest BCUT2D eigenvalue weighted by atomic mass is 32.1. The van der Waals surface area contributed by atoms with E-state index in [0.717, 1.165) is 16.3 Å². The van der Waals surface area contributed by atoms with Gasteiger partial charge in [0.2, 0.25) is 5.91 Å². The number of para-hydroxylation sites is 1. The van der Waals surface area contributed by atoms with E-state index in [2.05, 4.69) is 15.5 Å². The van der Waals surface area contributed by atoms with Crippen LogP contribution in [0.1, 0.15) is 54.5 Å². The molecule has 0 radical (unpaired) electrons. The summed E-state index contributed by atoms with van der Waals surface area (Å²) in [4.78, 5) is 48.4. The van der Waals surface area contributed by atoms with Crippen molar-refractivity contribution in [2.24, 2.45) is 5.41 Å². The number of ether oxygens (including phenoxy) is 2. The molecule has 2 atom stereocenters. The summed E-state index contributed by atoms with van der Waals surface area (Å²) in [6.07, 6.45) is 0.503. The largest absolute Gasteiger partial charge is 0.490 e. The van der Waals surface area contributed by atoms with E-state index in [9.17, 15) is 14.4 Å². The van der Waals surface area contributed by atoms with E-state index in [1.54, 1.807) is 13.0 Å². The molecule has 7 rings (SSSR count). The monoisotopic (exact) mass is 565 g/mol. The number of nitrogens with one attached hydrogen (secondary N) is 1. The Balaban J connectivity index is 1.31. The van der Waals surface area contributed by atoms with Crippen LogP contribution in [-0.2, 0) is 4.79 Å². The molecule has 2 aromatic heterocycles. The van der Waals surface area contributed by atoms with Crippen LogP contribution in [0.5, 0.6) is 11.5 Å². The van der Waals surface area contributed by atoms with E-state index < -0.39 is 5.41 Å². The van der Waals surface area contributed by atoms with Crippen molar-refractivity contribution in [3.05, 3.63) is 56.9 Å². The third-order valence-electron chi connectivity index (χ3n) is 7.86. The number of thiazole rings is 1. The minimum atomic E-state index is -0.549. The van der Waals surface area contributed by atoms with Crippen LogP contribution in [0.15, 0.2) is 28.8 Å². The molecule has 210 valence electrons. The fraction of sp³-hybridized carbons (Fsp3) is 0.464. The molecule has 0 unspecified atom stereocenters. The molecule has 11 nitrogen and oxygen atoms in total. The van der Waals surface area contributed by atoms with Crippen molar-refractivity contribution in [1.29, 1.82) is 0 Å². The predicted molar refractivity (Wildman–Crippen MR) is 145 cm³/mol. The average Bonchev–Trinajstić information content (AvgIpc) is 3.64. The van der Waals surface area contributed by atoms with Gasteiger partial charge in [-0.05, 0) is 33.3 Å². The molecule has 40 heavy (non-hydrogen) atoms. The molecular formula is C28H31N5O6S.